The van der Waals surface area contributed by atoms with Gasteiger partial charge in [0.15, 0.2) is 0 Å². The van der Waals surface area contributed by atoms with Gasteiger partial charge in [-0.15, -0.1) is 0 Å². The number of aromatic nitrogens is 2. The Kier molecular flexibility index (Phi) is 6.65. The molecule has 1 unspecified atom stereocenters. The summed E-state index contributed by atoms with van der Waals surface area (Å²) in [6.07, 6.45) is 2.29. The van der Waals surface area contributed by atoms with E-state index in [1.54, 1.807) is 0 Å². The van der Waals surface area contributed by atoms with Crippen molar-refractivity contribution in [2.45, 2.75) is 51.6 Å². The summed E-state index contributed by atoms with van der Waals surface area (Å²) in [7, 11) is 4.10. The third-order valence-electron chi connectivity index (χ3n) is 6.71. The highest BCUT2D eigenvalue weighted by Crippen LogP contribution is 2.41. The van der Waals surface area contributed by atoms with E-state index in [0.717, 1.165) is 42.3 Å². The molecule has 3 aliphatic heterocycles. The Balaban J connectivity index is 1.46. The molecule has 0 saturated carbocycles. The van der Waals surface area contributed by atoms with Gasteiger partial charge in [0, 0.05) is 62.1 Å². The fourth-order valence-corrected chi connectivity index (χ4v) is 5.07. The van der Waals surface area contributed by atoms with Crippen LogP contribution in [0.1, 0.15) is 44.1 Å². The second-order valence-electron chi connectivity index (χ2n) is 9.72. The van der Waals surface area contributed by atoms with Crippen molar-refractivity contribution in [3.05, 3.63) is 41.9 Å². The molecule has 1 aromatic heterocycles. The fourth-order valence-electron chi connectivity index (χ4n) is 5.07. The van der Waals surface area contributed by atoms with E-state index in [9.17, 15) is 4.79 Å². The number of nitrogens with one attached hydrogen (secondary N) is 2. The van der Waals surface area contributed by atoms with Crippen LogP contribution in [0.5, 0.6) is 0 Å². The van der Waals surface area contributed by atoms with Crippen LogP contribution in [0.4, 0.5) is 10.5 Å². The van der Waals surface area contributed by atoms with Crippen molar-refractivity contribution in [1.29, 1.82) is 0 Å². The van der Waals surface area contributed by atoms with E-state index in [4.69, 9.17) is 9.97 Å². The van der Waals surface area contributed by atoms with Gasteiger partial charge in [0.1, 0.15) is 5.82 Å². The zero-order valence-corrected chi connectivity index (χ0v) is 19.9. The number of aryl methyl sites for hydroxylation is 1. The standard InChI is InChI=1S/C25H36N6O/c1-16(2)27-25(32)26-14-21-12-19-10-11-31(21)15-22(19)24-13-23(28-17(3)29-24)18-6-8-20(9-7-18)30(4)5/h6-9,13,16,19,21-22H,10-12,14-15H2,1-5H3,(H2,26,27,32)/t19-,21+,22-/m0/s1. The first-order valence-corrected chi connectivity index (χ1v) is 11.7. The summed E-state index contributed by atoms with van der Waals surface area (Å²) in [5.74, 6) is 1.85. The van der Waals surface area contributed by atoms with Gasteiger partial charge in [0.25, 0.3) is 0 Å². The minimum Gasteiger partial charge on any atom is -0.378 e. The Morgan fingerprint density at radius 1 is 1.22 bits per heavy atom. The molecule has 1 aromatic carbocycles. The summed E-state index contributed by atoms with van der Waals surface area (Å²) < 4.78 is 0. The van der Waals surface area contributed by atoms with Crippen LogP contribution in [0.3, 0.4) is 0 Å². The number of hydrogen-bond acceptors (Lipinski definition) is 5. The molecule has 2 N–H and O–H groups in total. The number of amides is 2. The molecule has 172 valence electrons. The summed E-state index contributed by atoms with van der Waals surface area (Å²) in [4.78, 5) is 26.2. The average Bonchev–Trinajstić information content (AvgIpc) is 2.77. The molecular formula is C25H36N6O. The Bertz CT molecular complexity index is 942. The number of urea groups is 1. The molecule has 0 spiro atoms. The second-order valence-corrected chi connectivity index (χ2v) is 9.72. The normalized spacial score (nSPS) is 24.4. The fraction of sp³-hybridized carbons (Fsp3) is 0.560. The van der Waals surface area contributed by atoms with Crippen LogP contribution in [-0.2, 0) is 0 Å². The molecular weight excluding hydrogens is 400 g/mol. The van der Waals surface area contributed by atoms with Crippen molar-refractivity contribution in [2.24, 2.45) is 5.92 Å². The summed E-state index contributed by atoms with van der Waals surface area (Å²) in [5, 5.41) is 5.96. The van der Waals surface area contributed by atoms with Crippen LogP contribution in [-0.4, -0.2) is 66.7 Å². The van der Waals surface area contributed by atoms with Gasteiger partial charge < -0.3 is 15.5 Å². The van der Waals surface area contributed by atoms with Gasteiger partial charge in [-0.3, -0.25) is 4.90 Å². The summed E-state index contributed by atoms with van der Waals surface area (Å²) in [5.41, 5.74) is 4.46. The highest BCUT2D eigenvalue weighted by atomic mass is 16.2. The predicted molar refractivity (Wildman–Crippen MR) is 129 cm³/mol. The summed E-state index contributed by atoms with van der Waals surface area (Å²) in [6, 6.07) is 11.2. The van der Waals surface area contributed by atoms with Crippen LogP contribution in [0.25, 0.3) is 11.3 Å². The highest BCUT2D eigenvalue weighted by molar-refractivity contribution is 5.74. The lowest BCUT2D eigenvalue weighted by Crippen LogP contribution is -2.57. The molecule has 3 fully saturated rings. The van der Waals surface area contributed by atoms with E-state index in [1.807, 2.05) is 20.8 Å². The maximum atomic E-state index is 12.0. The smallest absolute Gasteiger partial charge is 0.315 e. The SMILES string of the molecule is Cc1nc(-c2ccc(N(C)C)cc2)cc([C@H]2CN3CC[C@H]2C[C@@H]3CNC(=O)NC(C)C)n1. The van der Waals surface area contributed by atoms with Crippen LogP contribution in [0, 0.1) is 12.8 Å². The number of carbonyl (C=O) groups is 1. The number of carbonyl (C=O) groups excluding carboxylic acids is 1. The van der Waals surface area contributed by atoms with Crippen molar-refractivity contribution in [3.63, 3.8) is 0 Å². The van der Waals surface area contributed by atoms with Crippen molar-refractivity contribution in [2.75, 3.05) is 38.6 Å². The van der Waals surface area contributed by atoms with Gasteiger partial charge in [0.2, 0.25) is 0 Å². The zero-order valence-electron chi connectivity index (χ0n) is 19.9. The van der Waals surface area contributed by atoms with Crippen molar-refractivity contribution in [1.82, 2.24) is 25.5 Å². The van der Waals surface area contributed by atoms with Gasteiger partial charge in [-0.25, -0.2) is 14.8 Å². The van der Waals surface area contributed by atoms with Gasteiger partial charge in [-0.1, -0.05) is 12.1 Å². The topological polar surface area (TPSA) is 73.4 Å². The Hall–Kier alpha value is -2.67. The molecule has 7 nitrogen and oxygen atoms in total. The van der Waals surface area contributed by atoms with E-state index in [0.29, 0.717) is 24.4 Å². The molecule has 5 rings (SSSR count). The lowest BCUT2D eigenvalue weighted by molar-refractivity contribution is 0.0304. The quantitative estimate of drug-likeness (QED) is 0.726. The van der Waals surface area contributed by atoms with Crippen LogP contribution < -0.4 is 15.5 Å². The number of nitrogens with zero attached hydrogens (tertiary/aromatic N) is 4. The number of fused-ring (bicyclic) bond motifs is 3. The number of anilines is 1. The molecule has 2 amide bonds. The molecule has 4 atom stereocenters. The maximum Gasteiger partial charge on any atom is 0.315 e. The van der Waals surface area contributed by atoms with E-state index >= 15 is 0 Å². The Morgan fingerprint density at radius 3 is 2.59 bits per heavy atom. The van der Waals surface area contributed by atoms with Crippen molar-refractivity contribution < 1.29 is 4.79 Å². The van der Waals surface area contributed by atoms with E-state index in [-0.39, 0.29) is 12.1 Å². The lowest BCUT2D eigenvalue weighted by Gasteiger charge is -2.49. The van der Waals surface area contributed by atoms with Gasteiger partial charge in [-0.05, 0) is 64.3 Å². The second kappa shape index (κ2) is 9.45. The van der Waals surface area contributed by atoms with Crippen LogP contribution in [0.15, 0.2) is 30.3 Å². The molecule has 7 heteroatoms. The molecule has 3 saturated heterocycles. The van der Waals surface area contributed by atoms with Crippen LogP contribution >= 0.6 is 0 Å². The van der Waals surface area contributed by atoms with Crippen molar-refractivity contribution >= 4 is 11.7 Å². The number of hydrogen-bond donors (Lipinski definition) is 2. The van der Waals surface area contributed by atoms with Crippen molar-refractivity contribution in [3.8, 4) is 11.3 Å². The molecule has 3 aliphatic rings. The number of benzene rings is 1. The molecule has 0 radical (unpaired) electrons. The van der Waals surface area contributed by atoms with Gasteiger partial charge in [-0.2, -0.15) is 0 Å². The van der Waals surface area contributed by atoms with E-state index in [1.165, 1.54) is 12.1 Å². The molecule has 0 aliphatic carbocycles. The number of rotatable bonds is 6. The lowest BCUT2D eigenvalue weighted by atomic mass is 9.74. The molecule has 4 heterocycles. The van der Waals surface area contributed by atoms with Crippen LogP contribution in [0.2, 0.25) is 0 Å². The maximum absolute atomic E-state index is 12.0. The third kappa shape index (κ3) is 5.04. The van der Waals surface area contributed by atoms with E-state index in [2.05, 4.69) is 64.9 Å². The first kappa shape index (κ1) is 22.5. The molecule has 32 heavy (non-hydrogen) atoms. The monoisotopic (exact) mass is 436 g/mol. The van der Waals surface area contributed by atoms with Gasteiger partial charge in [0.05, 0.1) is 5.69 Å². The van der Waals surface area contributed by atoms with Gasteiger partial charge >= 0.3 is 6.03 Å². The number of piperidine rings is 3. The minimum atomic E-state index is -0.0736. The van der Waals surface area contributed by atoms with E-state index < -0.39 is 0 Å². The summed E-state index contributed by atoms with van der Waals surface area (Å²) >= 11 is 0. The predicted octanol–water partition coefficient (Wildman–Crippen LogP) is 3.40. The first-order valence-electron chi connectivity index (χ1n) is 11.7. The Labute approximate surface area is 191 Å². The Morgan fingerprint density at radius 2 is 1.97 bits per heavy atom. The zero-order chi connectivity index (χ0) is 22.8. The highest BCUT2D eigenvalue weighted by Gasteiger charge is 2.41. The average molecular weight is 437 g/mol. The summed E-state index contributed by atoms with van der Waals surface area (Å²) in [6.45, 7) is 8.74. The third-order valence-corrected chi connectivity index (χ3v) is 6.71. The first-order chi connectivity index (χ1) is 15.3. The minimum absolute atomic E-state index is 0.0736. The molecule has 2 aromatic rings. The largest absolute Gasteiger partial charge is 0.378 e. The molecule has 2 bridgehead atoms.